The first-order chi connectivity index (χ1) is 10.1. The van der Waals surface area contributed by atoms with Gasteiger partial charge in [-0.05, 0) is 24.6 Å². The Hall–Kier alpha value is -2.30. The highest BCUT2D eigenvalue weighted by atomic mass is 19.1. The van der Waals surface area contributed by atoms with Crippen LogP contribution in [0.3, 0.4) is 0 Å². The third-order valence-electron chi connectivity index (χ3n) is 3.20. The minimum Gasteiger partial charge on any atom is -0.493 e. The van der Waals surface area contributed by atoms with E-state index in [4.69, 9.17) is 9.47 Å². The van der Waals surface area contributed by atoms with Crippen LogP contribution >= 0.6 is 0 Å². The Labute approximate surface area is 122 Å². The lowest BCUT2D eigenvalue weighted by atomic mass is 10.1. The molecule has 3 nitrogen and oxygen atoms in total. The Morgan fingerprint density at radius 1 is 1.05 bits per heavy atom. The molecule has 0 spiro atoms. The van der Waals surface area contributed by atoms with Gasteiger partial charge in [0.2, 0.25) is 0 Å². The van der Waals surface area contributed by atoms with Gasteiger partial charge in [-0.15, -0.1) is 0 Å². The lowest BCUT2D eigenvalue weighted by Crippen LogP contribution is -2.05. The van der Waals surface area contributed by atoms with E-state index in [9.17, 15) is 8.78 Å². The first kappa shape index (κ1) is 15.1. The molecule has 0 aliphatic heterocycles. The van der Waals surface area contributed by atoms with Crippen LogP contribution in [0.2, 0.25) is 0 Å². The van der Waals surface area contributed by atoms with E-state index in [0.717, 1.165) is 11.6 Å². The van der Waals surface area contributed by atoms with Gasteiger partial charge in [0.15, 0.2) is 11.5 Å². The molecule has 0 aliphatic rings. The lowest BCUT2D eigenvalue weighted by molar-refractivity contribution is 0.352. The van der Waals surface area contributed by atoms with Crippen LogP contribution < -0.4 is 14.8 Å². The fourth-order valence-electron chi connectivity index (χ4n) is 2.07. The fraction of sp³-hybridized carbons (Fsp3) is 0.250. The average molecular weight is 293 g/mol. The van der Waals surface area contributed by atoms with Gasteiger partial charge in [-0.25, -0.2) is 8.78 Å². The van der Waals surface area contributed by atoms with Gasteiger partial charge in [-0.2, -0.15) is 0 Å². The average Bonchev–Trinajstić information content (AvgIpc) is 2.49. The predicted octanol–water partition coefficient (Wildman–Crippen LogP) is 3.90. The van der Waals surface area contributed by atoms with Gasteiger partial charge >= 0.3 is 0 Å². The molecule has 112 valence electrons. The summed E-state index contributed by atoms with van der Waals surface area (Å²) in [6.45, 7) is 1.81. The summed E-state index contributed by atoms with van der Waals surface area (Å²) >= 11 is 0. The van der Waals surface area contributed by atoms with Gasteiger partial charge in [-0.1, -0.05) is 12.1 Å². The molecule has 1 N–H and O–H groups in total. The molecule has 0 fully saturated rings. The molecule has 0 aliphatic carbocycles. The molecule has 5 heteroatoms. The Kier molecular flexibility index (Phi) is 4.62. The van der Waals surface area contributed by atoms with E-state index in [0.29, 0.717) is 18.0 Å². The molecule has 21 heavy (non-hydrogen) atoms. The van der Waals surface area contributed by atoms with Crippen LogP contribution in [-0.2, 0) is 6.54 Å². The Morgan fingerprint density at radius 2 is 1.81 bits per heavy atom. The van der Waals surface area contributed by atoms with E-state index in [1.165, 1.54) is 20.1 Å². The molecule has 0 aromatic heterocycles. The SMILES string of the molecule is COc1cccc(CNc2cc(F)c(C)cc2F)c1OC. The highest BCUT2D eigenvalue weighted by Crippen LogP contribution is 2.31. The van der Waals surface area contributed by atoms with Gasteiger partial charge in [0, 0.05) is 18.2 Å². The molecule has 0 bridgehead atoms. The van der Waals surface area contributed by atoms with E-state index < -0.39 is 11.6 Å². The summed E-state index contributed by atoms with van der Waals surface area (Å²) in [5.74, 6) is 0.222. The number of halogens is 2. The molecule has 0 unspecified atom stereocenters. The molecular formula is C16H17F2NO2. The normalized spacial score (nSPS) is 10.3. The molecule has 0 saturated carbocycles. The highest BCUT2D eigenvalue weighted by molar-refractivity contribution is 5.51. The van der Waals surface area contributed by atoms with E-state index in [-0.39, 0.29) is 11.3 Å². The zero-order valence-corrected chi connectivity index (χ0v) is 12.2. The van der Waals surface area contributed by atoms with Crippen molar-refractivity contribution in [2.75, 3.05) is 19.5 Å². The minimum absolute atomic E-state index is 0.114. The summed E-state index contributed by atoms with van der Waals surface area (Å²) in [6, 6.07) is 7.73. The van der Waals surface area contributed by atoms with Gasteiger partial charge in [0.25, 0.3) is 0 Å². The van der Waals surface area contributed by atoms with Gasteiger partial charge in [0.1, 0.15) is 11.6 Å². The molecule has 2 rings (SSSR count). The first-order valence-electron chi connectivity index (χ1n) is 6.46. The molecule has 0 heterocycles. The number of rotatable bonds is 5. The van der Waals surface area contributed by atoms with E-state index >= 15 is 0 Å². The summed E-state index contributed by atoms with van der Waals surface area (Å²) in [7, 11) is 3.08. The zero-order valence-electron chi connectivity index (χ0n) is 12.2. The van der Waals surface area contributed by atoms with Crippen LogP contribution in [0.25, 0.3) is 0 Å². The van der Waals surface area contributed by atoms with Gasteiger partial charge in [0.05, 0.1) is 19.9 Å². The number of anilines is 1. The van der Waals surface area contributed by atoms with Crippen molar-refractivity contribution in [1.82, 2.24) is 0 Å². The van der Waals surface area contributed by atoms with Gasteiger partial charge in [-0.3, -0.25) is 0 Å². The van der Waals surface area contributed by atoms with Crippen molar-refractivity contribution in [3.8, 4) is 11.5 Å². The summed E-state index contributed by atoms with van der Waals surface area (Å²) in [5, 5.41) is 2.87. The van der Waals surface area contributed by atoms with Crippen molar-refractivity contribution in [3.63, 3.8) is 0 Å². The Balaban J connectivity index is 2.22. The predicted molar refractivity (Wildman–Crippen MR) is 78.0 cm³/mol. The quantitative estimate of drug-likeness (QED) is 0.907. The molecule has 2 aromatic carbocycles. The number of hydrogen-bond donors (Lipinski definition) is 1. The lowest BCUT2D eigenvalue weighted by Gasteiger charge is -2.14. The van der Waals surface area contributed by atoms with Crippen molar-refractivity contribution in [3.05, 3.63) is 53.1 Å². The number of aryl methyl sites for hydroxylation is 1. The molecule has 0 atom stereocenters. The fourth-order valence-corrected chi connectivity index (χ4v) is 2.07. The second-order valence-electron chi connectivity index (χ2n) is 4.59. The van der Waals surface area contributed by atoms with Crippen LogP contribution in [0, 0.1) is 18.6 Å². The summed E-state index contributed by atoms with van der Waals surface area (Å²) in [6.07, 6.45) is 0. The maximum absolute atomic E-state index is 13.8. The smallest absolute Gasteiger partial charge is 0.165 e. The monoisotopic (exact) mass is 293 g/mol. The molecule has 0 saturated heterocycles. The number of methoxy groups -OCH3 is 2. The Morgan fingerprint density at radius 3 is 2.48 bits per heavy atom. The number of benzene rings is 2. The topological polar surface area (TPSA) is 30.5 Å². The maximum Gasteiger partial charge on any atom is 0.165 e. The summed E-state index contributed by atoms with van der Waals surface area (Å²) in [5.41, 5.74) is 1.18. The van der Waals surface area contributed by atoms with E-state index in [2.05, 4.69) is 5.32 Å². The van der Waals surface area contributed by atoms with Gasteiger partial charge < -0.3 is 14.8 Å². The maximum atomic E-state index is 13.8. The van der Waals surface area contributed by atoms with E-state index in [1.54, 1.807) is 13.2 Å². The highest BCUT2D eigenvalue weighted by Gasteiger charge is 2.11. The number of para-hydroxylation sites is 1. The number of ether oxygens (including phenoxy) is 2. The first-order valence-corrected chi connectivity index (χ1v) is 6.46. The van der Waals surface area contributed by atoms with Crippen molar-refractivity contribution < 1.29 is 18.3 Å². The summed E-state index contributed by atoms with van der Waals surface area (Å²) in [4.78, 5) is 0. The third kappa shape index (κ3) is 3.24. The van der Waals surface area contributed by atoms with Crippen LogP contribution in [0.4, 0.5) is 14.5 Å². The largest absolute Gasteiger partial charge is 0.493 e. The van der Waals surface area contributed by atoms with Crippen molar-refractivity contribution in [1.29, 1.82) is 0 Å². The van der Waals surface area contributed by atoms with Crippen molar-refractivity contribution >= 4 is 5.69 Å². The second-order valence-corrected chi connectivity index (χ2v) is 4.59. The second kappa shape index (κ2) is 6.43. The number of nitrogens with one attached hydrogen (secondary N) is 1. The summed E-state index contributed by atoms with van der Waals surface area (Å²) < 4.78 is 37.8. The van der Waals surface area contributed by atoms with Crippen LogP contribution in [0.15, 0.2) is 30.3 Å². The van der Waals surface area contributed by atoms with E-state index in [1.807, 2.05) is 12.1 Å². The van der Waals surface area contributed by atoms with Crippen molar-refractivity contribution in [2.24, 2.45) is 0 Å². The number of hydrogen-bond acceptors (Lipinski definition) is 3. The van der Waals surface area contributed by atoms with Crippen LogP contribution in [0.1, 0.15) is 11.1 Å². The standard InChI is InChI=1S/C16H17F2NO2/c1-10-7-13(18)14(8-12(10)17)19-9-11-5-4-6-15(20-2)16(11)21-3/h4-8,19H,9H2,1-3H3. The molecular weight excluding hydrogens is 276 g/mol. The third-order valence-corrected chi connectivity index (χ3v) is 3.20. The van der Waals surface area contributed by atoms with Crippen LogP contribution in [0.5, 0.6) is 11.5 Å². The van der Waals surface area contributed by atoms with Crippen molar-refractivity contribution in [2.45, 2.75) is 13.5 Å². The van der Waals surface area contributed by atoms with Crippen LogP contribution in [-0.4, -0.2) is 14.2 Å². The minimum atomic E-state index is -0.490. The zero-order chi connectivity index (χ0) is 15.4. The molecule has 0 radical (unpaired) electrons. The molecule has 2 aromatic rings. The Bertz CT molecular complexity index is 644. The molecule has 0 amide bonds.